The molecule has 0 fully saturated rings. The Balaban J connectivity index is 0. The van der Waals surface area contributed by atoms with Gasteiger partial charge in [0, 0.05) is 6.54 Å². The van der Waals surface area contributed by atoms with Crippen LogP contribution in [-0.4, -0.2) is 44.2 Å². The van der Waals surface area contributed by atoms with Gasteiger partial charge in [-0.1, -0.05) is 0 Å². The van der Waals surface area contributed by atoms with E-state index in [0.29, 0.717) is 6.54 Å². The second kappa shape index (κ2) is 7.02. The maximum absolute atomic E-state index is 9.44. The summed E-state index contributed by atoms with van der Waals surface area (Å²) in [5.74, 6) is 4.73. The van der Waals surface area contributed by atoms with E-state index in [0.717, 1.165) is 0 Å². The van der Waals surface area contributed by atoms with Gasteiger partial charge in [0.15, 0.2) is 0 Å². The van der Waals surface area contributed by atoms with Crippen LogP contribution in [0, 0.1) is 0 Å². The SMILES string of the molecule is NNCCO.O=S(=O)(O)OS(=O)(=O)O. The minimum Gasteiger partial charge on any atom is -0.395 e. The van der Waals surface area contributed by atoms with Gasteiger partial charge in [-0.15, -0.1) is 3.63 Å². The summed E-state index contributed by atoms with van der Waals surface area (Å²) in [7, 11) is -10.2. The lowest BCUT2D eigenvalue weighted by atomic mass is 10.7. The second-order valence-corrected chi connectivity index (χ2v) is 3.86. The predicted molar refractivity (Wildman–Crippen MR) is 43.5 cm³/mol. The van der Waals surface area contributed by atoms with Gasteiger partial charge in [0.25, 0.3) is 0 Å². The zero-order valence-electron chi connectivity index (χ0n) is 6.69. The highest BCUT2D eigenvalue weighted by molar-refractivity contribution is 7.94. The van der Waals surface area contributed by atoms with Crippen molar-refractivity contribution in [2.75, 3.05) is 13.2 Å². The smallest absolute Gasteiger partial charge is 0.395 e. The van der Waals surface area contributed by atoms with E-state index < -0.39 is 20.8 Å². The second-order valence-electron chi connectivity index (χ2n) is 1.60. The first-order valence-corrected chi connectivity index (χ1v) is 5.55. The van der Waals surface area contributed by atoms with Gasteiger partial charge in [-0.25, -0.2) is 0 Å². The van der Waals surface area contributed by atoms with Crippen LogP contribution in [-0.2, 0) is 24.4 Å². The molecule has 88 valence electrons. The van der Waals surface area contributed by atoms with Crippen molar-refractivity contribution >= 4 is 20.8 Å². The molecular formula is C2H10N2O8S2. The normalized spacial score (nSPS) is 11.7. The molecule has 0 aromatic heterocycles. The molecule has 10 nitrogen and oxygen atoms in total. The van der Waals surface area contributed by atoms with Gasteiger partial charge in [-0.05, 0) is 0 Å². The minimum absolute atomic E-state index is 0.108. The highest BCUT2D eigenvalue weighted by atomic mass is 32.3. The molecule has 0 rings (SSSR count). The van der Waals surface area contributed by atoms with Gasteiger partial charge in [-0.2, -0.15) is 16.8 Å². The zero-order chi connectivity index (χ0) is 11.8. The fraction of sp³-hybridized carbons (Fsp3) is 1.00. The number of rotatable bonds is 4. The fourth-order valence-electron chi connectivity index (χ4n) is 0.173. The number of aliphatic hydroxyl groups is 1. The van der Waals surface area contributed by atoms with Crippen LogP contribution in [0.1, 0.15) is 0 Å². The standard InChI is InChI=1S/C2H8N2O.H2O7S2/c3-4-1-2-5;1-8(2,3)7-9(4,5)6/h4-5H,1-3H2;(H,1,2,3)(H,4,5,6). The number of hydrogen-bond donors (Lipinski definition) is 5. The third-order valence-electron chi connectivity index (χ3n) is 0.428. The fourth-order valence-corrected chi connectivity index (χ4v) is 1.04. The van der Waals surface area contributed by atoms with Crippen LogP contribution in [0.4, 0.5) is 0 Å². The molecule has 0 aliphatic rings. The van der Waals surface area contributed by atoms with Crippen molar-refractivity contribution in [2.24, 2.45) is 5.84 Å². The lowest BCUT2D eigenvalue weighted by molar-refractivity contribution is 0.293. The predicted octanol–water partition coefficient (Wildman–Crippen LogP) is -2.95. The van der Waals surface area contributed by atoms with E-state index in [1.165, 1.54) is 0 Å². The molecule has 0 heterocycles. The molecule has 14 heavy (non-hydrogen) atoms. The Bertz CT molecular complexity index is 285. The summed E-state index contributed by atoms with van der Waals surface area (Å²) < 4.78 is 55.6. The Labute approximate surface area is 80.6 Å². The van der Waals surface area contributed by atoms with Crippen LogP contribution in [0.2, 0.25) is 0 Å². The molecule has 6 N–H and O–H groups in total. The first-order chi connectivity index (χ1) is 6.12. The first-order valence-electron chi connectivity index (χ1n) is 2.82. The van der Waals surface area contributed by atoms with Crippen molar-refractivity contribution < 1.29 is 34.7 Å². The quantitative estimate of drug-likeness (QED) is 0.198. The van der Waals surface area contributed by atoms with Gasteiger partial charge in [-0.3, -0.25) is 20.4 Å². The highest BCUT2D eigenvalue weighted by Crippen LogP contribution is 1.91. The lowest BCUT2D eigenvalue weighted by Crippen LogP contribution is -2.24. The van der Waals surface area contributed by atoms with Crippen molar-refractivity contribution in [1.29, 1.82) is 0 Å². The molecule has 0 aliphatic heterocycles. The molecule has 0 saturated carbocycles. The van der Waals surface area contributed by atoms with Crippen molar-refractivity contribution in [2.45, 2.75) is 0 Å². The topological polar surface area (TPSA) is 176 Å². The number of aliphatic hydroxyl groups excluding tert-OH is 1. The average molecular weight is 254 g/mol. The molecule has 0 aromatic carbocycles. The van der Waals surface area contributed by atoms with Crippen molar-refractivity contribution in [3.8, 4) is 0 Å². The largest absolute Gasteiger partial charge is 0.413 e. The summed E-state index contributed by atoms with van der Waals surface area (Å²) in [5.41, 5.74) is 2.27. The number of nitrogens with two attached hydrogens (primary N) is 1. The Morgan fingerprint density at radius 2 is 1.50 bits per heavy atom. The summed E-state index contributed by atoms with van der Waals surface area (Å²) in [6.45, 7) is 0.580. The minimum atomic E-state index is -5.12. The van der Waals surface area contributed by atoms with Crippen molar-refractivity contribution in [1.82, 2.24) is 5.43 Å². The van der Waals surface area contributed by atoms with Crippen molar-refractivity contribution in [3.63, 3.8) is 0 Å². The van der Waals surface area contributed by atoms with Crippen LogP contribution in [0.5, 0.6) is 0 Å². The maximum Gasteiger partial charge on any atom is 0.413 e. The molecule has 0 aliphatic carbocycles. The zero-order valence-corrected chi connectivity index (χ0v) is 8.32. The van der Waals surface area contributed by atoms with Gasteiger partial charge < -0.3 is 5.11 Å². The summed E-state index contributed by atoms with van der Waals surface area (Å²) in [4.78, 5) is 0. The number of hydrazine groups is 1. The van der Waals surface area contributed by atoms with Crippen LogP contribution in [0.15, 0.2) is 0 Å². The monoisotopic (exact) mass is 254 g/mol. The summed E-state index contributed by atoms with van der Waals surface area (Å²) >= 11 is 0. The summed E-state index contributed by atoms with van der Waals surface area (Å²) in [6, 6.07) is 0. The maximum atomic E-state index is 9.44. The Hall–Kier alpha value is -0.340. The average Bonchev–Trinajstić information content (AvgIpc) is 1.81. The summed E-state index contributed by atoms with van der Waals surface area (Å²) in [5, 5.41) is 7.92. The number of nitrogens with one attached hydrogen (secondary N) is 1. The van der Waals surface area contributed by atoms with E-state index in [1.54, 1.807) is 0 Å². The van der Waals surface area contributed by atoms with E-state index >= 15 is 0 Å². The third kappa shape index (κ3) is 22.6. The van der Waals surface area contributed by atoms with E-state index in [9.17, 15) is 16.8 Å². The van der Waals surface area contributed by atoms with Crippen molar-refractivity contribution in [3.05, 3.63) is 0 Å². The molecule has 0 aromatic rings. The van der Waals surface area contributed by atoms with E-state index in [-0.39, 0.29) is 6.61 Å². The summed E-state index contributed by atoms with van der Waals surface area (Å²) in [6.07, 6.45) is 0. The Morgan fingerprint density at radius 3 is 1.50 bits per heavy atom. The molecule has 0 radical (unpaired) electrons. The van der Waals surface area contributed by atoms with Gasteiger partial charge in [0.1, 0.15) is 0 Å². The van der Waals surface area contributed by atoms with Gasteiger partial charge >= 0.3 is 20.8 Å². The van der Waals surface area contributed by atoms with Gasteiger partial charge in [0.05, 0.1) is 6.61 Å². The van der Waals surface area contributed by atoms with E-state index in [1.807, 2.05) is 0 Å². The van der Waals surface area contributed by atoms with Crippen LogP contribution < -0.4 is 11.3 Å². The Kier molecular flexibility index (Phi) is 8.07. The molecule has 0 unspecified atom stereocenters. The molecule has 0 spiro atoms. The number of hydrogen-bond acceptors (Lipinski definition) is 8. The first kappa shape index (κ1) is 16.1. The lowest BCUT2D eigenvalue weighted by Gasteiger charge is -1.89. The Morgan fingerprint density at radius 1 is 1.14 bits per heavy atom. The molecule has 0 saturated heterocycles. The van der Waals surface area contributed by atoms with Gasteiger partial charge in [0.2, 0.25) is 0 Å². The molecule has 0 bridgehead atoms. The van der Waals surface area contributed by atoms with Crippen LogP contribution >= 0.6 is 0 Å². The molecule has 0 atom stereocenters. The highest BCUT2D eigenvalue weighted by Gasteiger charge is 2.15. The van der Waals surface area contributed by atoms with Crippen LogP contribution in [0.3, 0.4) is 0 Å². The van der Waals surface area contributed by atoms with E-state index in [2.05, 4.69) is 9.06 Å². The molecule has 12 heteroatoms. The van der Waals surface area contributed by atoms with Crippen LogP contribution in [0.25, 0.3) is 0 Å². The molecule has 0 amide bonds. The van der Waals surface area contributed by atoms with E-state index in [4.69, 9.17) is 20.1 Å². The molecular weight excluding hydrogens is 244 g/mol. The third-order valence-corrected chi connectivity index (χ3v) is 1.80.